The molecule has 8 heteroatoms. The molecule has 6 nitrogen and oxygen atoms in total. The number of sulfonamides is 1. The Labute approximate surface area is 171 Å². The number of ether oxygens (including phenoxy) is 1. The summed E-state index contributed by atoms with van der Waals surface area (Å²) in [5.41, 5.74) is 1.15. The molecule has 2 N–H and O–H groups in total. The minimum absolute atomic E-state index is 0.0700. The van der Waals surface area contributed by atoms with Crippen LogP contribution in [-0.2, 0) is 10.0 Å². The van der Waals surface area contributed by atoms with Gasteiger partial charge in [0, 0.05) is 11.6 Å². The van der Waals surface area contributed by atoms with Crippen molar-refractivity contribution in [3.8, 4) is 28.2 Å². The van der Waals surface area contributed by atoms with Crippen LogP contribution in [0.25, 0.3) is 33.4 Å². The summed E-state index contributed by atoms with van der Waals surface area (Å²) in [5.74, 6) is 0.289. The number of nitrogens with two attached hydrogens (primary N) is 1. The first-order chi connectivity index (χ1) is 14.3. The van der Waals surface area contributed by atoms with E-state index in [9.17, 15) is 17.6 Å². The van der Waals surface area contributed by atoms with Crippen molar-refractivity contribution in [1.29, 1.82) is 0 Å². The Morgan fingerprint density at radius 2 is 1.57 bits per heavy atom. The van der Waals surface area contributed by atoms with Crippen LogP contribution in [0.15, 0.2) is 80.8 Å². The number of hydrogen-bond acceptors (Lipinski definition) is 5. The Hall–Kier alpha value is -3.49. The molecule has 152 valence electrons. The van der Waals surface area contributed by atoms with Gasteiger partial charge < -0.3 is 9.15 Å². The zero-order valence-electron chi connectivity index (χ0n) is 15.8. The monoisotopic (exact) mass is 425 g/mol. The number of halogens is 1. The van der Waals surface area contributed by atoms with Crippen molar-refractivity contribution in [2.45, 2.75) is 4.90 Å². The number of methoxy groups -OCH3 is 1. The lowest BCUT2D eigenvalue weighted by Crippen LogP contribution is -2.12. The van der Waals surface area contributed by atoms with Gasteiger partial charge in [-0.25, -0.2) is 17.9 Å². The molecule has 0 saturated carbocycles. The van der Waals surface area contributed by atoms with Crippen LogP contribution in [0.1, 0.15) is 0 Å². The first kappa shape index (κ1) is 19.8. The second-order valence-electron chi connectivity index (χ2n) is 6.57. The molecule has 0 bridgehead atoms. The Morgan fingerprint density at radius 3 is 2.17 bits per heavy atom. The van der Waals surface area contributed by atoms with Gasteiger partial charge in [0.25, 0.3) is 0 Å². The largest absolute Gasteiger partial charge is 0.497 e. The van der Waals surface area contributed by atoms with Crippen LogP contribution >= 0.6 is 0 Å². The Bertz CT molecular complexity index is 1410. The highest BCUT2D eigenvalue weighted by Crippen LogP contribution is 2.34. The van der Waals surface area contributed by atoms with Crippen LogP contribution < -0.4 is 15.3 Å². The van der Waals surface area contributed by atoms with Crippen LogP contribution in [0.2, 0.25) is 0 Å². The highest BCUT2D eigenvalue weighted by Gasteiger charge is 2.19. The Kier molecular flexibility index (Phi) is 4.89. The van der Waals surface area contributed by atoms with Gasteiger partial charge in [-0.15, -0.1) is 0 Å². The molecule has 1 heterocycles. The molecule has 0 atom stereocenters. The lowest BCUT2D eigenvalue weighted by Gasteiger charge is -2.12. The molecule has 0 aliphatic heterocycles. The summed E-state index contributed by atoms with van der Waals surface area (Å²) in [6, 6.07) is 16.0. The van der Waals surface area contributed by atoms with Crippen LogP contribution in [-0.4, -0.2) is 15.5 Å². The summed E-state index contributed by atoms with van der Waals surface area (Å²) in [7, 11) is -2.37. The van der Waals surface area contributed by atoms with Gasteiger partial charge in [-0.2, -0.15) is 0 Å². The number of rotatable bonds is 4. The second-order valence-corrected chi connectivity index (χ2v) is 8.14. The maximum Gasteiger partial charge on any atom is 0.238 e. The Balaban J connectivity index is 2.03. The van der Waals surface area contributed by atoms with Crippen molar-refractivity contribution in [3.05, 3.63) is 82.8 Å². The number of fused-ring (bicyclic) bond motifs is 1. The Morgan fingerprint density at radius 1 is 0.933 bits per heavy atom. The zero-order chi connectivity index (χ0) is 21.5. The van der Waals surface area contributed by atoms with Crippen molar-refractivity contribution in [1.82, 2.24) is 0 Å². The van der Waals surface area contributed by atoms with E-state index < -0.39 is 15.8 Å². The average Bonchev–Trinajstić information content (AvgIpc) is 2.73. The van der Waals surface area contributed by atoms with Gasteiger partial charge >= 0.3 is 0 Å². The van der Waals surface area contributed by atoms with Crippen LogP contribution in [0.3, 0.4) is 0 Å². The quantitative estimate of drug-likeness (QED) is 0.534. The third-order valence-corrected chi connectivity index (χ3v) is 5.61. The molecule has 4 rings (SSSR count). The summed E-state index contributed by atoms with van der Waals surface area (Å²) in [4.78, 5) is 13.3. The molecule has 30 heavy (non-hydrogen) atoms. The third-order valence-electron chi connectivity index (χ3n) is 4.68. The zero-order valence-corrected chi connectivity index (χ0v) is 16.6. The molecule has 0 saturated heterocycles. The van der Waals surface area contributed by atoms with Gasteiger partial charge in [-0.3, -0.25) is 4.79 Å². The molecule has 0 unspecified atom stereocenters. The normalized spacial score (nSPS) is 11.6. The summed E-state index contributed by atoms with van der Waals surface area (Å²) in [6.45, 7) is 0. The van der Waals surface area contributed by atoms with Crippen LogP contribution in [0.4, 0.5) is 4.39 Å². The van der Waals surface area contributed by atoms with Crippen molar-refractivity contribution in [2.75, 3.05) is 7.11 Å². The highest BCUT2D eigenvalue weighted by molar-refractivity contribution is 7.89. The van der Waals surface area contributed by atoms with Crippen LogP contribution in [0, 0.1) is 5.82 Å². The van der Waals surface area contributed by atoms with Gasteiger partial charge in [0.2, 0.25) is 15.5 Å². The number of primary sulfonamides is 1. The maximum atomic E-state index is 13.4. The maximum absolute atomic E-state index is 13.4. The number of hydrogen-bond donors (Lipinski definition) is 1. The van der Waals surface area contributed by atoms with E-state index in [0.717, 1.165) is 0 Å². The predicted molar refractivity (Wildman–Crippen MR) is 111 cm³/mol. The lowest BCUT2D eigenvalue weighted by atomic mass is 9.98. The smallest absolute Gasteiger partial charge is 0.238 e. The van der Waals surface area contributed by atoms with E-state index in [0.29, 0.717) is 27.8 Å². The standard InChI is InChI=1S/C22H16FNO5S/c1-28-16-8-11-18-19(12-16)29-22(14-4-9-17(10-5-14)30(24,26)27)20(21(18)25)13-2-6-15(23)7-3-13/h2-12H,1H3,(H2,24,26,27). The first-order valence-corrected chi connectivity index (χ1v) is 10.4. The molecule has 0 amide bonds. The fourth-order valence-corrected chi connectivity index (χ4v) is 3.69. The molecule has 0 aliphatic carbocycles. The SMILES string of the molecule is COc1ccc2c(=O)c(-c3ccc(F)cc3)c(-c3ccc(S(N)(=O)=O)cc3)oc2c1. The molecule has 0 fully saturated rings. The minimum atomic E-state index is -3.87. The molecule has 3 aromatic carbocycles. The molecule has 1 aromatic heterocycles. The summed E-state index contributed by atoms with van der Waals surface area (Å²) < 4.78 is 47.8. The van der Waals surface area contributed by atoms with E-state index in [1.54, 1.807) is 18.2 Å². The van der Waals surface area contributed by atoms with E-state index in [-0.39, 0.29) is 21.6 Å². The third kappa shape index (κ3) is 3.58. The number of benzene rings is 3. The van der Waals surface area contributed by atoms with Gasteiger partial charge in [0.15, 0.2) is 0 Å². The van der Waals surface area contributed by atoms with Crippen molar-refractivity contribution >= 4 is 21.0 Å². The summed E-state index contributed by atoms with van der Waals surface area (Å²) in [5, 5.41) is 5.49. The van der Waals surface area contributed by atoms with E-state index in [1.165, 1.54) is 55.6 Å². The summed E-state index contributed by atoms with van der Waals surface area (Å²) in [6.07, 6.45) is 0. The minimum Gasteiger partial charge on any atom is -0.497 e. The van der Waals surface area contributed by atoms with Gasteiger partial charge in [0.05, 0.1) is 23.0 Å². The molecule has 0 radical (unpaired) electrons. The molecule has 4 aromatic rings. The van der Waals surface area contributed by atoms with Crippen LogP contribution in [0.5, 0.6) is 5.75 Å². The topological polar surface area (TPSA) is 99.6 Å². The molecular formula is C22H16FNO5S. The summed E-state index contributed by atoms with van der Waals surface area (Å²) >= 11 is 0. The first-order valence-electron chi connectivity index (χ1n) is 8.82. The predicted octanol–water partition coefficient (Wildman–Crippen LogP) is 3.92. The second kappa shape index (κ2) is 7.40. The molecule has 0 aliphatic rings. The fourth-order valence-electron chi connectivity index (χ4n) is 3.18. The van der Waals surface area contributed by atoms with E-state index in [4.69, 9.17) is 14.3 Å². The van der Waals surface area contributed by atoms with Gasteiger partial charge in [-0.05, 0) is 54.1 Å². The molecule has 0 spiro atoms. The van der Waals surface area contributed by atoms with E-state index >= 15 is 0 Å². The fraction of sp³-hybridized carbons (Fsp3) is 0.0455. The van der Waals surface area contributed by atoms with Gasteiger partial charge in [0.1, 0.15) is 22.9 Å². The highest BCUT2D eigenvalue weighted by atomic mass is 32.2. The van der Waals surface area contributed by atoms with Crippen molar-refractivity contribution in [2.24, 2.45) is 5.14 Å². The van der Waals surface area contributed by atoms with E-state index in [1.807, 2.05) is 0 Å². The molecular weight excluding hydrogens is 409 g/mol. The average molecular weight is 425 g/mol. The van der Waals surface area contributed by atoms with Crippen molar-refractivity contribution < 1.29 is 22.0 Å². The van der Waals surface area contributed by atoms with Gasteiger partial charge in [-0.1, -0.05) is 12.1 Å². The van der Waals surface area contributed by atoms with E-state index in [2.05, 4.69) is 0 Å². The lowest BCUT2D eigenvalue weighted by molar-refractivity contribution is 0.414. The van der Waals surface area contributed by atoms with Crippen molar-refractivity contribution in [3.63, 3.8) is 0 Å².